The van der Waals surface area contributed by atoms with Gasteiger partial charge in [-0.05, 0) is 23.7 Å². The number of nitrogens with one attached hydrogen (secondary N) is 1. The average molecular weight is 190 g/mol. The Morgan fingerprint density at radius 2 is 2.50 bits per heavy atom. The first-order valence-electron chi connectivity index (χ1n) is 3.28. The topological polar surface area (TPSA) is 51.5 Å². The van der Waals surface area contributed by atoms with E-state index in [1.165, 1.54) is 7.11 Å². The summed E-state index contributed by atoms with van der Waals surface area (Å²) in [5.41, 5.74) is 0. The minimum atomic E-state index is -0.498. The van der Waals surface area contributed by atoms with E-state index in [1.54, 1.807) is 12.1 Å². The molecule has 0 aliphatic heterocycles. The molecule has 5 heteroatoms. The molecular weight excluding hydrogens is 182 g/mol. The van der Waals surface area contributed by atoms with E-state index in [2.05, 4.69) is 10.1 Å². The van der Waals surface area contributed by atoms with E-state index in [0.29, 0.717) is 11.0 Å². The number of methoxy groups -OCH3 is 1. The van der Waals surface area contributed by atoms with E-state index in [0.717, 1.165) is 0 Å². The molecule has 1 aromatic rings. The Morgan fingerprint density at radius 3 is 3.00 bits per heavy atom. The lowest BCUT2D eigenvalue weighted by atomic mass is 10.4. The van der Waals surface area contributed by atoms with Gasteiger partial charge in [-0.3, -0.25) is 0 Å². The van der Waals surface area contributed by atoms with E-state index in [4.69, 9.17) is 16.0 Å². The number of ether oxygens (including phenoxy) is 1. The molecule has 0 saturated heterocycles. The summed E-state index contributed by atoms with van der Waals surface area (Å²) in [5, 5.41) is 2.75. The highest BCUT2D eigenvalue weighted by Crippen LogP contribution is 2.12. The van der Waals surface area contributed by atoms with Crippen molar-refractivity contribution in [2.45, 2.75) is 6.54 Å². The van der Waals surface area contributed by atoms with Crippen LogP contribution in [0.4, 0.5) is 4.79 Å². The zero-order valence-corrected chi connectivity index (χ0v) is 7.22. The first-order valence-corrected chi connectivity index (χ1v) is 3.66. The van der Waals surface area contributed by atoms with Gasteiger partial charge in [0.2, 0.25) is 0 Å². The highest BCUT2D eigenvalue weighted by Gasteiger charge is 2.02. The second kappa shape index (κ2) is 4.01. The van der Waals surface area contributed by atoms with Crippen LogP contribution in [0.1, 0.15) is 5.76 Å². The summed E-state index contributed by atoms with van der Waals surface area (Å²) in [6.07, 6.45) is -0.498. The van der Waals surface area contributed by atoms with Crippen molar-refractivity contribution < 1.29 is 13.9 Å². The van der Waals surface area contributed by atoms with Crippen molar-refractivity contribution in [3.8, 4) is 0 Å². The summed E-state index contributed by atoms with van der Waals surface area (Å²) in [7, 11) is 1.30. The summed E-state index contributed by atoms with van der Waals surface area (Å²) >= 11 is 5.50. The summed E-state index contributed by atoms with van der Waals surface area (Å²) in [6, 6.07) is 3.29. The highest BCUT2D eigenvalue weighted by molar-refractivity contribution is 6.28. The minimum Gasteiger partial charge on any atom is -0.453 e. The lowest BCUT2D eigenvalue weighted by Gasteiger charge is -1.99. The van der Waals surface area contributed by atoms with Gasteiger partial charge in [0, 0.05) is 0 Å². The van der Waals surface area contributed by atoms with Gasteiger partial charge in [-0.25, -0.2) is 4.79 Å². The normalized spacial score (nSPS) is 9.50. The first-order chi connectivity index (χ1) is 5.72. The lowest BCUT2D eigenvalue weighted by molar-refractivity contribution is 0.169. The van der Waals surface area contributed by atoms with Crippen LogP contribution in [0.5, 0.6) is 0 Å². The third-order valence-electron chi connectivity index (χ3n) is 1.22. The Morgan fingerprint density at radius 1 is 1.75 bits per heavy atom. The van der Waals surface area contributed by atoms with E-state index in [-0.39, 0.29) is 6.54 Å². The van der Waals surface area contributed by atoms with Crippen molar-refractivity contribution in [1.29, 1.82) is 0 Å². The van der Waals surface area contributed by atoms with Crippen LogP contribution in [-0.2, 0) is 11.3 Å². The van der Waals surface area contributed by atoms with Crippen LogP contribution in [0.2, 0.25) is 5.22 Å². The van der Waals surface area contributed by atoms with Crippen molar-refractivity contribution in [2.24, 2.45) is 0 Å². The average Bonchev–Trinajstić information content (AvgIpc) is 2.47. The number of furan rings is 1. The molecule has 1 N–H and O–H groups in total. The summed E-state index contributed by atoms with van der Waals surface area (Å²) in [4.78, 5) is 10.6. The molecular formula is C7H8ClNO3. The van der Waals surface area contributed by atoms with Gasteiger partial charge in [-0.2, -0.15) is 0 Å². The maximum absolute atomic E-state index is 10.6. The molecule has 0 saturated carbocycles. The van der Waals surface area contributed by atoms with Crippen LogP contribution < -0.4 is 5.32 Å². The molecule has 0 aromatic carbocycles. The molecule has 0 radical (unpaired) electrons. The van der Waals surface area contributed by atoms with Crippen molar-refractivity contribution >= 4 is 17.7 Å². The summed E-state index contributed by atoms with van der Waals surface area (Å²) in [5.74, 6) is 0.588. The molecule has 1 rings (SSSR count). The van der Waals surface area contributed by atoms with Gasteiger partial charge >= 0.3 is 6.09 Å². The van der Waals surface area contributed by atoms with Gasteiger partial charge in [0.05, 0.1) is 13.7 Å². The SMILES string of the molecule is COC(=O)NCc1ccc(Cl)o1. The third-order valence-corrected chi connectivity index (χ3v) is 1.42. The molecule has 0 fully saturated rings. The smallest absolute Gasteiger partial charge is 0.407 e. The molecule has 12 heavy (non-hydrogen) atoms. The van der Waals surface area contributed by atoms with Crippen molar-refractivity contribution in [3.63, 3.8) is 0 Å². The number of halogens is 1. The van der Waals surface area contributed by atoms with E-state index >= 15 is 0 Å². The Hall–Kier alpha value is -1.16. The molecule has 0 spiro atoms. The van der Waals surface area contributed by atoms with Gasteiger partial charge in [0.1, 0.15) is 5.76 Å². The maximum Gasteiger partial charge on any atom is 0.407 e. The lowest BCUT2D eigenvalue weighted by Crippen LogP contribution is -2.21. The molecule has 0 unspecified atom stereocenters. The van der Waals surface area contributed by atoms with E-state index in [9.17, 15) is 4.79 Å². The van der Waals surface area contributed by atoms with Crippen molar-refractivity contribution in [3.05, 3.63) is 23.1 Å². The molecule has 4 nitrogen and oxygen atoms in total. The van der Waals surface area contributed by atoms with Crippen LogP contribution in [0.3, 0.4) is 0 Å². The Balaban J connectivity index is 2.38. The first kappa shape index (κ1) is 8.93. The van der Waals surface area contributed by atoms with Gasteiger partial charge in [-0.1, -0.05) is 0 Å². The zero-order valence-electron chi connectivity index (χ0n) is 6.46. The van der Waals surface area contributed by atoms with Crippen molar-refractivity contribution in [2.75, 3.05) is 7.11 Å². The monoisotopic (exact) mass is 189 g/mol. The minimum absolute atomic E-state index is 0.277. The van der Waals surface area contributed by atoms with Crippen LogP contribution in [0.25, 0.3) is 0 Å². The van der Waals surface area contributed by atoms with Gasteiger partial charge in [0.25, 0.3) is 0 Å². The van der Waals surface area contributed by atoms with E-state index in [1.807, 2.05) is 0 Å². The van der Waals surface area contributed by atoms with Gasteiger partial charge in [0.15, 0.2) is 5.22 Å². The quantitative estimate of drug-likeness (QED) is 0.772. The highest BCUT2D eigenvalue weighted by atomic mass is 35.5. The molecule has 1 amide bonds. The third kappa shape index (κ3) is 2.47. The van der Waals surface area contributed by atoms with E-state index < -0.39 is 6.09 Å². The second-order valence-corrected chi connectivity index (χ2v) is 2.42. The molecule has 66 valence electrons. The van der Waals surface area contributed by atoms with Crippen LogP contribution in [0, 0.1) is 0 Å². The molecule has 0 atom stereocenters. The number of rotatable bonds is 2. The van der Waals surface area contributed by atoms with Gasteiger partial charge in [-0.15, -0.1) is 0 Å². The fourth-order valence-electron chi connectivity index (χ4n) is 0.678. The number of carbonyl (C=O) groups excluding carboxylic acids is 1. The standard InChI is InChI=1S/C7H8ClNO3/c1-11-7(10)9-4-5-2-3-6(8)12-5/h2-3H,4H2,1H3,(H,9,10). The van der Waals surface area contributed by atoms with Crippen LogP contribution in [0.15, 0.2) is 16.5 Å². The Bertz CT molecular complexity index is 271. The summed E-state index contributed by atoms with van der Waals surface area (Å²) in [6.45, 7) is 0.277. The summed E-state index contributed by atoms with van der Waals surface area (Å²) < 4.78 is 9.33. The molecule has 0 aliphatic rings. The number of carbonyl (C=O) groups is 1. The molecule has 0 aliphatic carbocycles. The maximum atomic E-state index is 10.6. The molecule has 1 aromatic heterocycles. The van der Waals surface area contributed by atoms with Crippen LogP contribution in [-0.4, -0.2) is 13.2 Å². The van der Waals surface area contributed by atoms with Crippen LogP contribution >= 0.6 is 11.6 Å². The fraction of sp³-hybridized carbons (Fsp3) is 0.286. The molecule has 0 bridgehead atoms. The largest absolute Gasteiger partial charge is 0.453 e. The predicted octanol–water partition coefficient (Wildman–Crippen LogP) is 1.79. The van der Waals surface area contributed by atoms with Gasteiger partial charge < -0.3 is 14.5 Å². The fourth-order valence-corrected chi connectivity index (χ4v) is 0.840. The zero-order chi connectivity index (χ0) is 8.97. The molecule has 1 heterocycles. The number of hydrogen-bond donors (Lipinski definition) is 1. The number of alkyl carbamates (subject to hydrolysis) is 1. The Kier molecular flexibility index (Phi) is 2.99. The Labute approximate surface area is 74.4 Å². The second-order valence-electron chi connectivity index (χ2n) is 2.05. The number of amides is 1. The van der Waals surface area contributed by atoms with Crippen molar-refractivity contribution in [1.82, 2.24) is 5.32 Å². The number of hydrogen-bond acceptors (Lipinski definition) is 3. The predicted molar refractivity (Wildman–Crippen MR) is 43.0 cm³/mol.